The zero-order valence-electron chi connectivity index (χ0n) is 8.92. The predicted octanol–water partition coefficient (Wildman–Crippen LogP) is 2.63. The molecule has 0 aromatic heterocycles. The van der Waals surface area contributed by atoms with Crippen LogP contribution in [0.3, 0.4) is 0 Å². The van der Waals surface area contributed by atoms with Crippen LogP contribution < -0.4 is 0 Å². The van der Waals surface area contributed by atoms with Gasteiger partial charge in [0.1, 0.15) is 5.54 Å². The Morgan fingerprint density at radius 1 is 1.08 bits per heavy atom. The van der Waals surface area contributed by atoms with Crippen LogP contribution in [0.1, 0.15) is 41.5 Å². The van der Waals surface area contributed by atoms with Crippen molar-refractivity contribution in [2.45, 2.75) is 58.7 Å². The van der Waals surface area contributed by atoms with Gasteiger partial charge in [-0.1, -0.05) is 5.22 Å². The SMILES string of the molecule is CC(C)N1N=NC(C)(C)C1(C)C. The standard InChI is InChI=1S/C9H19N3/c1-7(2)12-9(5,6)8(3,4)10-11-12/h7H,1-6H3. The molecule has 0 saturated carbocycles. The fraction of sp³-hybridized carbons (Fsp3) is 1.00. The average molecular weight is 169 g/mol. The van der Waals surface area contributed by atoms with Crippen LogP contribution in [0.15, 0.2) is 10.3 Å². The van der Waals surface area contributed by atoms with Crippen molar-refractivity contribution in [3.63, 3.8) is 0 Å². The van der Waals surface area contributed by atoms with Crippen molar-refractivity contribution < 1.29 is 0 Å². The highest BCUT2D eigenvalue weighted by molar-refractivity contribution is 5.03. The number of hydrogen-bond donors (Lipinski definition) is 0. The average Bonchev–Trinajstić information content (AvgIpc) is 2.03. The van der Waals surface area contributed by atoms with Crippen molar-refractivity contribution in [1.82, 2.24) is 5.01 Å². The van der Waals surface area contributed by atoms with Crippen LogP contribution in [0, 0.1) is 0 Å². The Morgan fingerprint density at radius 2 is 1.58 bits per heavy atom. The first-order valence-corrected chi connectivity index (χ1v) is 4.51. The van der Waals surface area contributed by atoms with Crippen LogP contribution in [0.2, 0.25) is 0 Å². The molecule has 0 unspecified atom stereocenters. The van der Waals surface area contributed by atoms with Gasteiger partial charge in [-0.3, -0.25) is 5.01 Å². The fourth-order valence-electron chi connectivity index (χ4n) is 1.42. The maximum Gasteiger partial charge on any atom is 0.102 e. The van der Waals surface area contributed by atoms with Gasteiger partial charge in [-0.15, -0.1) is 0 Å². The Balaban J connectivity index is 2.93. The maximum atomic E-state index is 4.27. The van der Waals surface area contributed by atoms with Gasteiger partial charge in [-0.2, -0.15) is 5.11 Å². The summed E-state index contributed by atoms with van der Waals surface area (Å²) in [7, 11) is 0. The minimum absolute atomic E-state index is 0.0289. The van der Waals surface area contributed by atoms with Crippen LogP contribution in [0.4, 0.5) is 0 Å². The largest absolute Gasteiger partial charge is 0.268 e. The molecule has 0 saturated heterocycles. The third-order valence-corrected chi connectivity index (χ3v) is 2.95. The molecule has 70 valence electrons. The van der Waals surface area contributed by atoms with Gasteiger partial charge in [0.05, 0.1) is 5.54 Å². The van der Waals surface area contributed by atoms with Gasteiger partial charge in [-0.25, -0.2) is 0 Å². The minimum atomic E-state index is -0.0722. The molecule has 0 atom stereocenters. The summed E-state index contributed by atoms with van der Waals surface area (Å²) in [6.07, 6.45) is 0. The summed E-state index contributed by atoms with van der Waals surface area (Å²) < 4.78 is 0. The Labute approximate surface area is 74.8 Å². The molecule has 1 rings (SSSR count). The van der Waals surface area contributed by atoms with E-state index in [1.165, 1.54) is 0 Å². The number of rotatable bonds is 1. The lowest BCUT2D eigenvalue weighted by Crippen LogP contribution is -2.52. The molecule has 1 aliphatic heterocycles. The molecular weight excluding hydrogens is 150 g/mol. The van der Waals surface area contributed by atoms with E-state index >= 15 is 0 Å². The van der Waals surface area contributed by atoms with E-state index in [0.29, 0.717) is 6.04 Å². The van der Waals surface area contributed by atoms with Crippen molar-refractivity contribution in [3.8, 4) is 0 Å². The van der Waals surface area contributed by atoms with Gasteiger partial charge < -0.3 is 0 Å². The second-order valence-electron chi connectivity index (χ2n) is 4.75. The minimum Gasteiger partial charge on any atom is -0.268 e. The lowest BCUT2D eigenvalue weighted by molar-refractivity contribution is 0.0780. The molecule has 0 aliphatic carbocycles. The Kier molecular flexibility index (Phi) is 1.93. The smallest absolute Gasteiger partial charge is 0.102 e. The molecule has 0 amide bonds. The highest BCUT2D eigenvalue weighted by atomic mass is 15.6. The molecular formula is C9H19N3. The summed E-state index contributed by atoms with van der Waals surface area (Å²) >= 11 is 0. The summed E-state index contributed by atoms with van der Waals surface area (Å²) in [6, 6.07) is 0.422. The van der Waals surface area contributed by atoms with Crippen molar-refractivity contribution in [2.24, 2.45) is 10.3 Å². The van der Waals surface area contributed by atoms with Crippen LogP contribution in [0.25, 0.3) is 0 Å². The van der Waals surface area contributed by atoms with E-state index < -0.39 is 0 Å². The van der Waals surface area contributed by atoms with E-state index in [1.54, 1.807) is 0 Å². The molecule has 0 spiro atoms. The van der Waals surface area contributed by atoms with Crippen LogP contribution in [-0.4, -0.2) is 22.1 Å². The summed E-state index contributed by atoms with van der Waals surface area (Å²) in [4.78, 5) is 0. The molecule has 0 fully saturated rings. The third-order valence-electron chi connectivity index (χ3n) is 2.95. The number of hydrogen-bond acceptors (Lipinski definition) is 3. The van der Waals surface area contributed by atoms with E-state index in [0.717, 1.165) is 0 Å². The van der Waals surface area contributed by atoms with Crippen LogP contribution >= 0.6 is 0 Å². The summed E-state index contributed by atoms with van der Waals surface area (Å²) in [5, 5.41) is 10.5. The first-order valence-electron chi connectivity index (χ1n) is 4.51. The molecule has 3 heteroatoms. The normalized spacial score (nSPS) is 25.4. The second kappa shape index (κ2) is 2.44. The molecule has 3 nitrogen and oxygen atoms in total. The first kappa shape index (κ1) is 9.49. The summed E-state index contributed by atoms with van der Waals surface area (Å²) in [5.74, 6) is 0. The second-order valence-corrected chi connectivity index (χ2v) is 4.75. The van der Waals surface area contributed by atoms with Gasteiger partial charge in [0.2, 0.25) is 0 Å². The zero-order chi connectivity index (χ0) is 9.57. The van der Waals surface area contributed by atoms with E-state index in [2.05, 4.69) is 56.9 Å². The van der Waals surface area contributed by atoms with Crippen LogP contribution in [-0.2, 0) is 0 Å². The van der Waals surface area contributed by atoms with Crippen molar-refractivity contribution in [3.05, 3.63) is 0 Å². The van der Waals surface area contributed by atoms with E-state index in [9.17, 15) is 0 Å². The Morgan fingerprint density at radius 3 is 1.75 bits per heavy atom. The third kappa shape index (κ3) is 1.11. The number of nitrogens with zero attached hydrogens (tertiary/aromatic N) is 3. The Bertz CT molecular complexity index is 204. The van der Waals surface area contributed by atoms with Crippen LogP contribution in [0.5, 0.6) is 0 Å². The van der Waals surface area contributed by atoms with Gasteiger partial charge in [0.15, 0.2) is 0 Å². The molecule has 0 aromatic rings. The van der Waals surface area contributed by atoms with Crippen molar-refractivity contribution >= 4 is 0 Å². The Hall–Kier alpha value is -0.600. The molecule has 12 heavy (non-hydrogen) atoms. The van der Waals surface area contributed by atoms with Gasteiger partial charge in [-0.05, 0) is 41.5 Å². The lowest BCUT2D eigenvalue weighted by Gasteiger charge is -2.39. The zero-order valence-corrected chi connectivity index (χ0v) is 8.92. The first-order chi connectivity index (χ1) is 5.29. The molecule has 1 aliphatic rings. The van der Waals surface area contributed by atoms with Crippen molar-refractivity contribution in [2.75, 3.05) is 0 Å². The fourth-order valence-corrected chi connectivity index (χ4v) is 1.42. The monoisotopic (exact) mass is 169 g/mol. The lowest BCUT2D eigenvalue weighted by atomic mass is 9.83. The van der Waals surface area contributed by atoms with Gasteiger partial charge in [0, 0.05) is 6.04 Å². The molecule has 0 bridgehead atoms. The van der Waals surface area contributed by atoms with Crippen molar-refractivity contribution in [1.29, 1.82) is 0 Å². The summed E-state index contributed by atoms with van der Waals surface area (Å²) in [6.45, 7) is 12.9. The van der Waals surface area contributed by atoms with E-state index in [4.69, 9.17) is 0 Å². The highest BCUT2D eigenvalue weighted by Gasteiger charge is 2.47. The molecule has 0 radical (unpaired) electrons. The predicted molar refractivity (Wildman–Crippen MR) is 50.0 cm³/mol. The van der Waals surface area contributed by atoms with Gasteiger partial charge in [0.25, 0.3) is 0 Å². The quantitative estimate of drug-likeness (QED) is 0.593. The maximum absolute atomic E-state index is 4.27. The van der Waals surface area contributed by atoms with E-state index in [-0.39, 0.29) is 11.1 Å². The topological polar surface area (TPSA) is 28.0 Å². The molecule has 1 heterocycles. The molecule has 0 aromatic carbocycles. The summed E-state index contributed by atoms with van der Waals surface area (Å²) in [5.41, 5.74) is -0.0432. The highest BCUT2D eigenvalue weighted by Crippen LogP contribution is 2.38. The van der Waals surface area contributed by atoms with Gasteiger partial charge >= 0.3 is 0 Å². The molecule has 0 N–H and O–H groups in total. The van der Waals surface area contributed by atoms with E-state index in [1.807, 2.05) is 0 Å².